The molecule has 0 aromatic carbocycles. The van der Waals surface area contributed by atoms with Crippen molar-refractivity contribution in [3.63, 3.8) is 0 Å². The molecule has 1 aliphatic rings. The number of hydrogen-bond acceptors (Lipinski definition) is 5. The number of aryl methyl sites for hydroxylation is 1. The summed E-state index contributed by atoms with van der Waals surface area (Å²) in [5, 5.41) is 0.898. The molecule has 0 amide bonds. The zero-order valence-corrected chi connectivity index (χ0v) is 13.0. The molecular weight excluding hydrogens is 310 g/mol. The maximum atomic E-state index is 5.75. The Morgan fingerprint density at radius 2 is 2.11 bits per heavy atom. The van der Waals surface area contributed by atoms with E-state index in [0.29, 0.717) is 12.0 Å². The van der Waals surface area contributed by atoms with Gasteiger partial charge >= 0.3 is 0 Å². The van der Waals surface area contributed by atoms with E-state index in [2.05, 4.69) is 30.8 Å². The van der Waals surface area contributed by atoms with Gasteiger partial charge in [-0.25, -0.2) is 4.98 Å². The van der Waals surface area contributed by atoms with Crippen LogP contribution in [-0.2, 0) is 4.74 Å². The fraction of sp³-hybridized carbons (Fsp3) is 0.692. The molecule has 1 aromatic rings. The van der Waals surface area contributed by atoms with Gasteiger partial charge in [-0.1, -0.05) is 15.9 Å². The van der Waals surface area contributed by atoms with E-state index < -0.39 is 0 Å². The Morgan fingerprint density at radius 3 is 2.74 bits per heavy atom. The van der Waals surface area contributed by atoms with Gasteiger partial charge in [-0.15, -0.1) is 0 Å². The zero-order chi connectivity index (χ0) is 13.7. The SMILES string of the molecule is COc1cc(N2CCC(OCCBr)CC2)nc(C)n1. The lowest BCUT2D eigenvalue weighted by Crippen LogP contribution is -2.37. The minimum atomic E-state index is 0.374. The third-order valence-electron chi connectivity index (χ3n) is 3.21. The average molecular weight is 330 g/mol. The standard InChI is InChI=1S/C13H20BrN3O2/c1-10-15-12(9-13(16-10)18-2)17-6-3-11(4-7-17)19-8-5-14/h9,11H,3-8H2,1-2H3. The molecule has 0 radical (unpaired) electrons. The Bertz CT molecular complexity index is 409. The second kappa shape index (κ2) is 7.05. The summed E-state index contributed by atoms with van der Waals surface area (Å²) in [6.07, 6.45) is 2.45. The van der Waals surface area contributed by atoms with Crippen molar-refractivity contribution in [1.29, 1.82) is 0 Å². The normalized spacial score (nSPS) is 16.7. The van der Waals surface area contributed by atoms with Crippen LogP contribution in [0, 0.1) is 6.92 Å². The van der Waals surface area contributed by atoms with Crippen molar-refractivity contribution in [2.24, 2.45) is 0 Å². The van der Waals surface area contributed by atoms with Crippen molar-refractivity contribution in [3.8, 4) is 5.88 Å². The van der Waals surface area contributed by atoms with Crippen molar-refractivity contribution in [3.05, 3.63) is 11.9 Å². The molecule has 6 heteroatoms. The lowest BCUT2D eigenvalue weighted by Gasteiger charge is -2.32. The van der Waals surface area contributed by atoms with E-state index >= 15 is 0 Å². The second-order valence-electron chi connectivity index (χ2n) is 4.56. The summed E-state index contributed by atoms with van der Waals surface area (Å²) in [5.74, 6) is 2.32. The first kappa shape index (κ1) is 14.5. The van der Waals surface area contributed by atoms with Crippen molar-refractivity contribution in [2.75, 3.05) is 37.0 Å². The van der Waals surface area contributed by atoms with Gasteiger partial charge in [-0.2, -0.15) is 4.98 Å². The molecule has 0 spiro atoms. The number of piperidine rings is 1. The molecule has 106 valence electrons. The molecule has 19 heavy (non-hydrogen) atoms. The quantitative estimate of drug-likeness (QED) is 0.775. The Morgan fingerprint density at radius 1 is 1.37 bits per heavy atom. The molecule has 0 atom stereocenters. The van der Waals surface area contributed by atoms with Crippen molar-refractivity contribution < 1.29 is 9.47 Å². The highest BCUT2D eigenvalue weighted by atomic mass is 79.9. The van der Waals surface area contributed by atoms with Gasteiger partial charge in [0, 0.05) is 24.5 Å². The monoisotopic (exact) mass is 329 g/mol. The fourth-order valence-electron chi connectivity index (χ4n) is 2.25. The van der Waals surface area contributed by atoms with Gasteiger partial charge in [0.15, 0.2) is 0 Å². The predicted octanol–water partition coefficient (Wildman–Crippen LogP) is 2.17. The first-order chi connectivity index (χ1) is 9.22. The molecule has 1 saturated heterocycles. The number of hydrogen-bond donors (Lipinski definition) is 0. The molecule has 1 aromatic heterocycles. The minimum Gasteiger partial charge on any atom is -0.481 e. The van der Waals surface area contributed by atoms with Crippen LogP contribution >= 0.6 is 15.9 Å². The molecule has 2 heterocycles. The lowest BCUT2D eigenvalue weighted by atomic mass is 10.1. The Kier molecular flexibility index (Phi) is 5.39. The summed E-state index contributed by atoms with van der Waals surface area (Å²) >= 11 is 3.38. The van der Waals surface area contributed by atoms with Crippen LogP contribution in [0.1, 0.15) is 18.7 Å². The summed E-state index contributed by atoms with van der Waals surface area (Å²) in [5.41, 5.74) is 0. The lowest BCUT2D eigenvalue weighted by molar-refractivity contribution is 0.0480. The number of methoxy groups -OCH3 is 1. The molecule has 0 N–H and O–H groups in total. The molecule has 1 aliphatic heterocycles. The summed E-state index contributed by atoms with van der Waals surface area (Å²) in [4.78, 5) is 11.0. The van der Waals surface area contributed by atoms with Gasteiger partial charge in [0.1, 0.15) is 11.6 Å². The van der Waals surface area contributed by atoms with Crippen LogP contribution in [0.3, 0.4) is 0 Å². The first-order valence-electron chi connectivity index (χ1n) is 6.55. The van der Waals surface area contributed by atoms with E-state index in [0.717, 1.165) is 49.5 Å². The molecule has 0 aliphatic carbocycles. The van der Waals surface area contributed by atoms with E-state index in [4.69, 9.17) is 9.47 Å². The van der Waals surface area contributed by atoms with E-state index in [9.17, 15) is 0 Å². The largest absolute Gasteiger partial charge is 0.481 e. The van der Waals surface area contributed by atoms with Crippen LogP contribution in [0.2, 0.25) is 0 Å². The predicted molar refractivity (Wildman–Crippen MR) is 78.3 cm³/mol. The number of anilines is 1. The van der Waals surface area contributed by atoms with Gasteiger partial charge < -0.3 is 14.4 Å². The zero-order valence-electron chi connectivity index (χ0n) is 11.4. The Hall–Kier alpha value is -0.880. The van der Waals surface area contributed by atoms with E-state index in [1.54, 1.807) is 7.11 Å². The van der Waals surface area contributed by atoms with Crippen molar-refractivity contribution in [1.82, 2.24) is 9.97 Å². The smallest absolute Gasteiger partial charge is 0.218 e. The van der Waals surface area contributed by atoms with Crippen LogP contribution < -0.4 is 9.64 Å². The number of nitrogens with zero attached hydrogens (tertiary/aromatic N) is 3. The number of alkyl halides is 1. The van der Waals surface area contributed by atoms with Crippen LogP contribution in [0.5, 0.6) is 5.88 Å². The Labute approximate surface area is 122 Å². The number of ether oxygens (including phenoxy) is 2. The molecule has 5 nitrogen and oxygen atoms in total. The molecule has 2 rings (SSSR count). The second-order valence-corrected chi connectivity index (χ2v) is 5.35. The topological polar surface area (TPSA) is 47.5 Å². The van der Waals surface area contributed by atoms with Crippen LogP contribution in [-0.4, -0.2) is 48.2 Å². The van der Waals surface area contributed by atoms with E-state index in [-0.39, 0.29) is 0 Å². The number of halogens is 1. The van der Waals surface area contributed by atoms with Crippen molar-refractivity contribution >= 4 is 21.7 Å². The number of aromatic nitrogens is 2. The molecule has 0 unspecified atom stereocenters. The highest BCUT2D eigenvalue weighted by Gasteiger charge is 2.21. The van der Waals surface area contributed by atoms with Gasteiger partial charge in [-0.3, -0.25) is 0 Å². The maximum Gasteiger partial charge on any atom is 0.218 e. The van der Waals surface area contributed by atoms with E-state index in [1.165, 1.54) is 0 Å². The first-order valence-corrected chi connectivity index (χ1v) is 7.67. The van der Waals surface area contributed by atoms with Gasteiger partial charge in [0.2, 0.25) is 5.88 Å². The highest BCUT2D eigenvalue weighted by Crippen LogP contribution is 2.22. The average Bonchev–Trinajstić information content (AvgIpc) is 2.45. The van der Waals surface area contributed by atoms with Crippen LogP contribution in [0.25, 0.3) is 0 Å². The third kappa shape index (κ3) is 4.04. The Balaban J connectivity index is 1.95. The van der Waals surface area contributed by atoms with Gasteiger partial charge in [-0.05, 0) is 19.8 Å². The van der Waals surface area contributed by atoms with Gasteiger partial charge in [0.05, 0.1) is 19.8 Å². The summed E-state index contributed by atoms with van der Waals surface area (Å²) in [7, 11) is 1.63. The summed E-state index contributed by atoms with van der Waals surface area (Å²) in [6, 6.07) is 1.90. The summed E-state index contributed by atoms with van der Waals surface area (Å²) < 4.78 is 10.9. The summed E-state index contributed by atoms with van der Waals surface area (Å²) in [6.45, 7) is 4.60. The molecule has 0 saturated carbocycles. The van der Waals surface area contributed by atoms with Gasteiger partial charge in [0.25, 0.3) is 0 Å². The molecular formula is C13H20BrN3O2. The maximum absolute atomic E-state index is 5.75. The van der Waals surface area contributed by atoms with Crippen LogP contribution in [0.4, 0.5) is 5.82 Å². The van der Waals surface area contributed by atoms with Crippen LogP contribution in [0.15, 0.2) is 6.07 Å². The fourth-order valence-corrected chi connectivity index (χ4v) is 2.44. The highest BCUT2D eigenvalue weighted by molar-refractivity contribution is 9.09. The molecule has 1 fully saturated rings. The van der Waals surface area contributed by atoms with E-state index in [1.807, 2.05) is 13.0 Å². The third-order valence-corrected chi connectivity index (χ3v) is 3.53. The minimum absolute atomic E-state index is 0.374. The number of rotatable bonds is 5. The molecule has 0 bridgehead atoms. The van der Waals surface area contributed by atoms with Crippen molar-refractivity contribution in [2.45, 2.75) is 25.9 Å².